The van der Waals surface area contributed by atoms with Crippen molar-refractivity contribution in [1.82, 2.24) is 0 Å². The minimum Gasteiger partial charge on any atom is -0.390 e. The first-order chi connectivity index (χ1) is 13.9. The predicted octanol–water partition coefficient (Wildman–Crippen LogP) is 7.20. The van der Waals surface area contributed by atoms with Gasteiger partial charge in [-0.05, 0) is 113 Å². The van der Waals surface area contributed by atoms with Gasteiger partial charge in [0.1, 0.15) is 0 Å². The van der Waals surface area contributed by atoms with Gasteiger partial charge in [-0.2, -0.15) is 0 Å². The van der Waals surface area contributed by atoms with Crippen LogP contribution < -0.4 is 0 Å². The van der Waals surface area contributed by atoms with E-state index in [0.717, 1.165) is 43.9 Å². The van der Waals surface area contributed by atoms with Gasteiger partial charge in [-0.3, -0.25) is 0 Å². The summed E-state index contributed by atoms with van der Waals surface area (Å²) in [6.45, 7) is 15.2. The summed E-state index contributed by atoms with van der Waals surface area (Å²) in [5.74, 6) is 2.20. The van der Waals surface area contributed by atoms with Crippen LogP contribution in [0.4, 0.5) is 0 Å². The second kappa shape index (κ2) is 8.74. The summed E-state index contributed by atoms with van der Waals surface area (Å²) < 4.78 is 0. The van der Waals surface area contributed by atoms with Crippen LogP contribution in [0.15, 0.2) is 24.3 Å². The molecule has 0 saturated heterocycles. The number of hydrogen-bond acceptors (Lipinski definition) is 2. The van der Waals surface area contributed by atoms with Gasteiger partial charge in [0, 0.05) is 0 Å². The third-order valence-corrected chi connectivity index (χ3v) is 9.75. The van der Waals surface area contributed by atoms with Crippen LogP contribution >= 0.6 is 0 Å². The van der Waals surface area contributed by atoms with Gasteiger partial charge in [0.05, 0.1) is 11.2 Å². The maximum Gasteiger partial charge on any atom is 0.0797 e. The van der Waals surface area contributed by atoms with Crippen molar-refractivity contribution in [1.29, 1.82) is 0 Å². The zero-order valence-electron chi connectivity index (χ0n) is 20.5. The minimum absolute atomic E-state index is 0.305. The Bertz CT molecular complexity index is 645. The second-order valence-corrected chi connectivity index (χ2v) is 12.4. The van der Waals surface area contributed by atoms with Gasteiger partial charge in [-0.25, -0.2) is 0 Å². The minimum atomic E-state index is -0.731. The average molecular weight is 417 g/mol. The van der Waals surface area contributed by atoms with E-state index in [-0.39, 0.29) is 0 Å². The first-order valence-corrected chi connectivity index (χ1v) is 12.7. The van der Waals surface area contributed by atoms with Gasteiger partial charge in [-0.15, -0.1) is 6.58 Å². The third-order valence-electron chi connectivity index (χ3n) is 9.75. The van der Waals surface area contributed by atoms with Crippen LogP contribution in [0.25, 0.3) is 0 Å². The van der Waals surface area contributed by atoms with Crippen molar-refractivity contribution in [2.24, 2.45) is 28.6 Å². The van der Waals surface area contributed by atoms with E-state index >= 15 is 0 Å². The SMILES string of the molecule is C=CC(C)(O)CCC(C)C1CCCC1(C)CCC1CCC=C2CC(C)(O)CCC21C. The molecule has 7 atom stereocenters. The van der Waals surface area contributed by atoms with Crippen LogP contribution in [-0.2, 0) is 0 Å². The second-order valence-electron chi connectivity index (χ2n) is 12.4. The Morgan fingerprint density at radius 1 is 1.23 bits per heavy atom. The van der Waals surface area contributed by atoms with Crippen LogP contribution in [0.1, 0.15) is 112 Å². The molecule has 3 aliphatic rings. The smallest absolute Gasteiger partial charge is 0.0797 e. The van der Waals surface area contributed by atoms with Gasteiger partial charge in [0.2, 0.25) is 0 Å². The lowest BCUT2D eigenvalue weighted by Gasteiger charge is -2.50. The van der Waals surface area contributed by atoms with Crippen LogP contribution in [0.2, 0.25) is 0 Å². The number of hydrogen-bond donors (Lipinski definition) is 2. The van der Waals surface area contributed by atoms with Gasteiger partial charge in [0.15, 0.2) is 0 Å². The van der Waals surface area contributed by atoms with Crippen LogP contribution in [0.5, 0.6) is 0 Å². The Morgan fingerprint density at radius 3 is 2.67 bits per heavy atom. The average Bonchev–Trinajstić information content (AvgIpc) is 3.07. The van der Waals surface area contributed by atoms with E-state index in [4.69, 9.17) is 0 Å². The fourth-order valence-electron chi connectivity index (χ4n) is 7.27. The molecule has 3 rings (SSSR count). The molecule has 2 fully saturated rings. The molecule has 0 radical (unpaired) electrons. The zero-order valence-corrected chi connectivity index (χ0v) is 20.5. The highest BCUT2D eigenvalue weighted by Crippen LogP contribution is 2.57. The van der Waals surface area contributed by atoms with Crippen molar-refractivity contribution in [2.45, 2.75) is 123 Å². The molecule has 2 saturated carbocycles. The normalized spacial score (nSPS) is 42.2. The standard InChI is InChI=1S/C28H48O2/c1-7-26(4,29)17-13-21(2)24-12-9-15-25(24,3)16-14-22-10-8-11-23-20-27(5,30)18-19-28(22,23)6/h7,11,21-22,24,29-30H,1,8-10,12-20H2,2-6H3. The lowest BCUT2D eigenvalue weighted by molar-refractivity contribution is -0.00727. The van der Waals surface area contributed by atoms with Crippen molar-refractivity contribution in [3.8, 4) is 0 Å². The molecule has 0 heterocycles. The molecular formula is C28H48O2. The monoisotopic (exact) mass is 416 g/mol. The molecule has 3 aliphatic carbocycles. The van der Waals surface area contributed by atoms with Crippen LogP contribution in [-0.4, -0.2) is 21.4 Å². The molecule has 2 nitrogen and oxygen atoms in total. The van der Waals surface area contributed by atoms with Crippen molar-refractivity contribution < 1.29 is 10.2 Å². The summed E-state index contributed by atoms with van der Waals surface area (Å²) in [6.07, 6.45) is 18.3. The highest BCUT2D eigenvalue weighted by Gasteiger charge is 2.47. The Morgan fingerprint density at radius 2 is 1.97 bits per heavy atom. The Kier molecular flexibility index (Phi) is 7.00. The molecule has 30 heavy (non-hydrogen) atoms. The zero-order chi connectivity index (χ0) is 22.2. The van der Waals surface area contributed by atoms with Gasteiger partial charge < -0.3 is 10.2 Å². The van der Waals surface area contributed by atoms with Gasteiger partial charge >= 0.3 is 0 Å². The first kappa shape index (κ1) is 24.1. The quantitative estimate of drug-likeness (QED) is 0.411. The largest absolute Gasteiger partial charge is 0.390 e. The van der Waals surface area contributed by atoms with Gasteiger partial charge in [-0.1, -0.05) is 44.9 Å². The third kappa shape index (κ3) is 5.07. The summed E-state index contributed by atoms with van der Waals surface area (Å²) in [5.41, 5.74) is 1.06. The Hall–Kier alpha value is -0.600. The topological polar surface area (TPSA) is 40.5 Å². The highest BCUT2D eigenvalue weighted by molar-refractivity contribution is 5.23. The lowest BCUT2D eigenvalue weighted by atomic mass is 9.56. The summed E-state index contributed by atoms with van der Waals surface area (Å²) in [6, 6.07) is 0. The van der Waals surface area contributed by atoms with E-state index in [1.54, 1.807) is 11.6 Å². The molecule has 0 aromatic carbocycles. The predicted molar refractivity (Wildman–Crippen MR) is 127 cm³/mol. The van der Waals surface area contributed by atoms with E-state index in [9.17, 15) is 10.2 Å². The lowest BCUT2D eigenvalue weighted by Crippen LogP contribution is -2.43. The summed E-state index contributed by atoms with van der Waals surface area (Å²) in [5, 5.41) is 21.0. The maximum atomic E-state index is 10.6. The molecule has 172 valence electrons. The van der Waals surface area contributed by atoms with E-state index in [0.29, 0.717) is 16.7 Å². The molecule has 7 unspecified atom stereocenters. The maximum absolute atomic E-state index is 10.6. The Labute approximate surface area is 186 Å². The molecule has 0 amide bonds. The fraction of sp³-hybridized carbons (Fsp3) is 0.857. The summed E-state index contributed by atoms with van der Waals surface area (Å²) >= 11 is 0. The summed E-state index contributed by atoms with van der Waals surface area (Å²) in [7, 11) is 0. The van der Waals surface area contributed by atoms with Crippen molar-refractivity contribution in [3.05, 3.63) is 24.3 Å². The van der Waals surface area contributed by atoms with Crippen molar-refractivity contribution in [2.75, 3.05) is 0 Å². The molecule has 0 aromatic heterocycles. The van der Waals surface area contributed by atoms with Crippen LogP contribution in [0.3, 0.4) is 0 Å². The molecule has 2 N–H and O–H groups in total. The first-order valence-electron chi connectivity index (χ1n) is 12.7. The van der Waals surface area contributed by atoms with E-state index < -0.39 is 11.2 Å². The fourth-order valence-corrected chi connectivity index (χ4v) is 7.27. The highest BCUT2D eigenvalue weighted by atomic mass is 16.3. The number of allylic oxidation sites excluding steroid dienone is 1. The number of aliphatic hydroxyl groups is 2. The van der Waals surface area contributed by atoms with E-state index in [2.05, 4.69) is 33.4 Å². The van der Waals surface area contributed by atoms with Crippen molar-refractivity contribution >= 4 is 0 Å². The van der Waals surface area contributed by atoms with E-state index in [1.807, 2.05) is 13.8 Å². The van der Waals surface area contributed by atoms with Crippen LogP contribution in [0, 0.1) is 28.6 Å². The number of rotatable bonds is 8. The van der Waals surface area contributed by atoms with Crippen molar-refractivity contribution in [3.63, 3.8) is 0 Å². The molecule has 0 aromatic rings. The Balaban J connectivity index is 1.62. The van der Waals surface area contributed by atoms with E-state index in [1.165, 1.54) is 44.9 Å². The molecule has 0 bridgehead atoms. The molecule has 2 heteroatoms. The number of fused-ring (bicyclic) bond motifs is 1. The molecule has 0 spiro atoms. The summed E-state index contributed by atoms with van der Waals surface area (Å²) in [4.78, 5) is 0. The van der Waals surface area contributed by atoms with Gasteiger partial charge in [0.25, 0.3) is 0 Å². The molecule has 0 aliphatic heterocycles. The molecular weight excluding hydrogens is 368 g/mol.